The fraction of sp³-hybridized carbons (Fsp3) is 0.450. The van der Waals surface area contributed by atoms with Crippen molar-refractivity contribution in [3.05, 3.63) is 40.1 Å². The first-order valence-electron chi connectivity index (χ1n) is 9.69. The Labute approximate surface area is 192 Å². The first-order chi connectivity index (χ1) is 14.7. The van der Waals surface area contributed by atoms with Gasteiger partial charge in [-0.15, -0.1) is 0 Å². The lowest BCUT2D eigenvalue weighted by molar-refractivity contribution is -0.150. The number of hydrogen-bond acceptors (Lipinski definition) is 6. The Morgan fingerprint density at radius 3 is 2.81 bits per heavy atom. The molecule has 31 heavy (non-hydrogen) atoms. The Hall–Kier alpha value is -2.08. The van der Waals surface area contributed by atoms with Crippen molar-refractivity contribution in [3.63, 3.8) is 0 Å². The number of ether oxygens (including phenoxy) is 1. The van der Waals surface area contributed by atoms with Crippen molar-refractivity contribution in [3.8, 4) is 0 Å². The number of benzene rings is 1. The first kappa shape index (κ1) is 23.6. The van der Waals surface area contributed by atoms with Crippen molar-refractivity contribution in [1.29, 1.82) is 0 Å². The summed E-state index contributed by atoms with van der Waals surface area (Å²) in [5.74, 6) is -1.33. The number of carbonyl (C=O) groups excluding carboxylic acids is 2. The van der Waals surface area contributed by atoms with Crippen LogP contribution in [0.5, 0.6) is 0 Å². The van der Waals surface area contributed by atoms with Gasteiger partial charge in [-0.25, -0.2) is 9.18 Å². The van der Waals surface area contributed by atoms with Gasteiger partial charge in [-0.05, 0) is 59.2 Å². The van der Waals surface area contributed by atoms with Crippen LogP contribution in [-0.2, 0) is 14.3 Å². The van der Waals surface area contributed by atoms with Crippen molar-refractivity contribution in [2.75, 3.05) is 19.0 Å². The maximum atomic E-state index is 13.5. The molecule has 0 unspecified atom stereocenters. The summed E-state index contributed by atoms with van der Waals surface area (Å²) in [6, 6.07) is 2.52. The molecule has 11 heteroatoms. The highest BCUT2D eigenvalue weighted by Crippen LogP contribution is 2.27. The molecule has 2 aliphatic rings. The fourth-order valence-corrected chi connectivity index (χ4v) is 4.32. The number of likely N-dealkylation sites (tertiary alicyclic amines) is 1. The molecule has 1 amide bonds. The number of anilines is 1. The van der Waals surface area contributed by atoms with Crippen LogP contribution in [0.3, 0.4) is 0 Å². The fourth-order valence-electron chi connectivity index (χ4n) is 3.73. The van der Waals surface area contributed by atoms with E-state index in [1.165, 1.54) is 36.3 Å². The summed E-state index contributed by atoms with van der Waals surface area (Å²) in [6.07, 6.45) is 0.197. The van der Waals surface area contributed by atoms with Gasteiger partial charge in [0.25, 0.3) is 0 Å². The number of halogens is 2. The smallest absolute Gasteiger partial charge is 0.328 e. The van der Waals surface area contributed by atoms with Crippen molar-refractivity contribution < 1.29 is 28.9 Å². The molecule has 1 saturated heterocycles. The highest BCUT2D eigenvalue weighted by Gasteiger charge is 2.39. The van der Waals surface area contributed by atoms with Crippen LogP contribution in [0.2, 0.25) is 0 Å². The molecule has 1 heterocycles. The SMILES string of the molecule is COC(=O)[C@@H]1CCCN1C(=O)C1=C[C@@H](NC(=S)Nc2cc(F)ccc2Br)[C@@H](O)[C@H](O)C1. The minimum Gasteiger partial charge on any atom is -0.467 e. The number of hydrogen-bond donors (Lipinski definition) is 4. The van der Waals surface area contributed by atoms with Gasteiger partial charge in [0.2, 0.25) is 5.91 Å². The Balaban J connectivity index is 1.74. The van der Waals surface area contributed by atoms with Crippen LogP contribution in [0.1, 0.15) is 19.3 Å². The van der Waals surface area contributed by atoms with Gasteiger partial charge in [0.1, 0.15) is 18.0 Å². The lowest BCUT2D eigenvalue weighted by Crippen LogP contribution is -2.52. The summed E-state index contributed by atoms with van der Waals surface area (Å²) in [4.78, 5) is 26.4. The largest absolute Gasteiger partial charge is 0.467 e. The number of carbonyl (C=O) groups is 2. The molecule has 0 saturated carbocycles. The van der Waals surface area contributed by atoms with Crippen LogP contribution in [0.25, 0.3) is 0 Å². The normalized spacial score (nSPS) is 25.6. The lowest BCUT2D eigenvalue weighted by atomic mass is 9.89. The number of esters is 1. The molecule has 1 fully saturated rings. The molecule has 3 rings (SSSR count). The highest BCUT2D eigenvalue weighted by molar-refractivity contribution is 9.10. The molecule has 168 valence electrons. The number of rotatable bonds is 4. The van der Waals surface area contributed by atoms with Gasteiger partial charge < -0.3 is 30.5 Å². The predicted molar refractivity (Wildman–Crippen MR) is 119 cm³/mol. The minimum atomic E-state index is -1.22. The van der Waals surface area contributed by atoms with E-state index < -0.39 is 42.0 Å². The quantitative estimate of drug-likeness (QED) is 0.352. The molecular weight excluding hydrogens is 493 g/mol. The molecule has 0 radical (unpaired) electrons. The van der Waals surface area contributed by atoms with E-state index in [1.807, 2.05) is 0 Å². The molecule has 8 nitrogen and oxygen atoms in total. The molecule has 4 atom stereocenters. The average Bonchev–Trinajstić information content (AvgIpc) is 3.22. The first-order valence-corrected chi connectivity index (χ1v) is 10.9. The summed E-state index contributed by atoms with van der Waals surface area (Å²) in [6.45, 7) is 0.403. The van der Waals surface area contributed by atoms with Crippen molar-refractivity contribution in [2.45, 2.75) is 43.6 Å². The molecule has 1 aromatic rings. The number of amides is 1. The van der Waals surface area contributed by atoms with E-state index >= 15 is 0 Å². The second-order valence-corrected chi connectivity index (χ2v) is 8.64. The zero-order valence-electron chi connectivity index (χ0n) is 16.7. The molecule has 0 aromatic heterocycles. The topological polar surface area (TPSA) is 111 Å². The van der Waals surface area contributed by atoms with E-state index in [1.54, 1.807) is 0 Å². The second-order valence-electron chi connectivity index (χ2n) is 7.38. The van der Waals surface area contributed by atoms with Crippen molar-refractivity contribution >= 4 is 50.8 Å². The number of aliphatic hydroxyl groups is 2. The van der Waals surface area contributed by atoms with Crippen LogP contribution in [-0.4, -0.2) is 70.0 Å². The summed E-state index contributed by atoms with van der Waals surface area (Å²) < 4.78 is 18.8. The maximum absolute atomic E-state index is 13.5. The Bertz CT molecular complexity index is 915. The standard InChI is InChI=1S/C20H23BrFN3O5S/c1-30-19(29)15-3-2-6-25(15)18(28)10-7-14(17(27)16(26)8-10)24-20(31)23-13-9-11(22)4-5-12(13)21/h4-5,7,9,14-17,26-27H,2-3,6,8H2,1H3,(H2,23,24,31)/t14-,15+,16-,17-/m1/s1. The monoisotopic (exact) mass is 515 g/mol. The van der Waals surface area contributed by atoms with Gasteiger partial charge in [0.15, 0.2) is 5.11 Å². The molecule has 1 aliphatic heterocycles. The lowest BCUT2D eigenvalue weighted by Gasteiger charge is -2.33. The average molecular weight is 516 g/mol. The van der Waals surface area contributed by atoms with Gasteiger partial charge in [-0.2, -0.15) is 0 Å². The number of methoxy groups -OCH3 is 1. The van der Waals surface area contributed by atoms with E-state index in [0.29, 0.717) is 29.5 Å². The third-order valence-corrected chi connectivity index (χ3v) is 6.22. The van der Waals surface area contributed by atoms with E-state index in [-0.39, 0.29) is 17.1 Å². The molecule has 1 aliphatic carbocycles. The third kappa shape index (κ3) is 5.40. The summed E-state index contributed by atoms with van der Waals surface area (Å²) in [7, 11) is 1.27. The molecule has 4 N–H and O–H groups in total. The van der Waals surface area contributed by atoms with Gasteiger partial charge in [-0.3, -0.25) is 4.79 Å². The van der Waals surface area contributed by atoms with Crippen LogP contribution < -0.4 is 10.6 Å². The molecule has 0 bridgehead atoms. The molecule has 1 aromatic carbocycles. The van der Waals surface area contributed by atoms with E-state index in [9.17, 15) is 24.2 Å². The molecular formula is C20H23BrFN3O5S. The third-order valence-electron chi connectivity index (χ3n) is 5.31. The summed E-state index contributed by atoms with van der Waals surface area (Å²) in [5.41, 5.74) is 0.641. The Kier molecular flexibility index (Phi) is 7.63. The second kappa shape index (κ2) is 10.0. The van der Waals surface area contributed by atoms with E-state index in [0.717, 1.165) is 0 Å². The van der Waals surface area contributed by atoms with E-state index in [2.05, 4.69) is 26.6 Å². The van der Waals surface area contributed by atoms with Gasteiger partial charge in [0, 0.05) is 23.0 Å². The number of thiocarbonyl (C=S) groups is 1. The molecule has 0 spiro atoms. The maximum Gasteiger partial charge on any atom is 0.328 e. The summed E-state index contributed by atoms with van der Waals surface area (Å²) >= 11 is 8.54. The Morgan fingerprint density at radius 2 is 2.10 bits per heavy atom. The number of nitrogens with one attached hydrogen (secondary N) is 2. The van der Waals surface area contributed by atoms with Crippen LogP contribution in [0.15, 0.2) is 34.3 Å². The van der Waals surface area contributed by atoms with Crippen LogP contribution >= 0.6 is 28.1 Å². The predicted octanol–water partition coefficient (Wildman–Crippen LogP) is 1.46. The van der Waals surface area contributed by atoms with Crippen LogP contribution in [0.4, 0.5) is 10.1 Å². The van der Waals surface area contributed by atoms with Crippen molar-refractivity contribution in [1.82, 2.24) is 10.2 Å². The Morgan fingerprint density at radius 1 is 1.35 bits per heavy atom. The van der Waals surface area contributed by atoms with Gasteiger partial charge >= 0.3 is 5.97 Å². The number of aliphatic hydroxyl groups excluding tert-OH is 2. The minimum absolute atomic E-state index is 0.0573. The zero-order valence-corrected chi connectivity index (χ0v) is 19.1. The highest BCUT2D eigenvalue weighted by atomic mass is 79.9. The van der Waals surface area contributed by atoms with Crippen LogP contribution in [0, 0.1) is 5.82 Å². The number of nitrogens with zero attached hydrogens (tertiary/aromatic N) is 1. The summed E-state index contributed by atoms with van der Waals surface area (Å²) in [5, 5.41) is 26.4. The van der Waals surface area contributed by atoms with Crippen molar-refractivity contribution in [2.24, 2.45) is 0 Å². The van der Waals surface area contributed by atoms with Gasteiger partial charge in [-0.1, -0.05) is 6.08 Å². The van der Waals surface area contributed by atoms with Gasteiger partial charge in [0.05, 0.1) is 24.9 Å². The zero-order chi connectivity index (χ0) is 22.7. The van der Waals surface area contributed by atoms with E-state index in [4.69, 9.17) is 17.0 Å².